The van der Waals surface area contributed by atoms with Crippen LogP contribution >= 0.6 is 0 Å². The van der Waals surface area contributed by atoms with Gasteiger partial charge in [0.15, 0.2) is 11.1 Å². The van der Waals surface area contributed by atoms with Gasteiger partial charge in [-0.05, 0) is 6.07 Å². The van der Waals surface area contributed by atoms with Gasteiger partial charge in [0.25, 0.3) is 0 Å². The molecule has 2 aliphatic rings. The Bertz CT molecular complexity index is 500. The van der Waals surface area contributed by atoms with E-state index in [1.165, 1.54) is 0 Å². The van der Waals surface area contributed by atoms with Crippen molar-refractivity contribution in [2.45, 2.75) is 4.90 Å². The van der Waals surface area contributed by atoms with E-state index in [9.17, 15) is 8.76 Å². The summed E-state index contributed by atoms with van der Waals surface area (Å²) in [7, 11) is 2.13. The van der Waals surface area contributed by atoms with Crippen LogP contribution in [0.3, 0.4) is 0 Å². The minimum atomic E-state index is -1.97. The Kier molecular flexibility index (Phi) is 2.83. The number of rotatable bonds is 2. The number of quaternary nitrogens is 1. The van der Waals surface area contributed by atoms with E-state index in [4.69, 9.17) is 9.31 Å². The lowest BCUT2D eigenvalue weighted by Gasteiger charge is -2.43. The Hall–Kier alpha value is -0.725. The normalized spacial score (nSPS) is 36.6. The van der Waals surface area contributed by atoms with Crippen LogP contribution in [0.5, 0.6) is 0 Å². The SMILES string of the molecule is C[N+]12CCO[B-]1(c1cccc(S(=O)O)c1)OCC2. The highest BCUT2D eigenvalue weighted by molar-refractivity contribution is 7.79. The smallest absolute Gasteiger partial charge is 0.502 e. The van der Waals surface area contributed by atoms with Gasteiger partial charge in [-0.3, -0.25) is 0 Å². The van der Waals surface area contributed by atoms with E-state index in [0.29, 0.717) is 18.1 Å². The fourth-order valence-electron chi connectivity index (χ4n) is 3.10. The van der Waals surface area contributed by atoms with Crippen molar-refractivity contribution in [3.63, 3.8) is 0 Å². The fraction of sp³-hybridized carbons (Fsp3) is 0.455. The molecule has 0 amide bonds. The second-order valence-corrected chi connectivity index (χ2v) is 6.13. The molecule has 0 spiro atoms. The molecule has 3 rings (SSSR count). The molecule has 98 valence electrons. The van der Waals surface area contributed by atoms with Crippen LogP contribution in [0, 0.1) is 0 Å². The number of nitrogens with zero attached hydrogens (tertiary/aromatic N) is 1. The van der Waals surface area contributed by atoms with Gasteiger partial charge in [-0.15, -0.1) is 0 Å². The minimum absolute atomic E-state index is 0.390. The van der Waals surface area contributed by atoms with Gasteiger partial charge in [0.05, 0.1) is 31.2 Å². The first-order valence-electron chi connectivity index (χ1n) is 6.05. The fourth-order valence-corrected chi connectivity index (χ4v) is 3.54. The Morgan fingerprint density at radius 2 is 2.00 bits per heavy atom. The van der Waals surface area contributed by atoms with Crippen LogP contribution in [-0.4, -0.2) is 53.2 Å². The quantitative estimate of drug-likeness (QED) is 0.602. The van der Waals surface area contributed by atoms with Crippen molar-refractivity contribution in [1.82, 2.24) is 0 Å². The van der Waals surface area contributed by atoms with Crippen LogP contribution in [0.1, 0.15) is 0 Å². The first-order chi connectivity index (χ1) is 8.57. The molecule has 2 saturated heterocycles. The van der Waals surface area contributed by atoms with Gasteiger partial charge < -0.3 is 18.3 Å². The first-order valence-corrected chi connectivity index (χ1v) is 7.16. The van der Waals surface area contributed by atoms with Crippen molar-refractivity contribution in [2.24, 2.45) is 0 Å². The van der Waals surface area contributed by atoms with E-state index in [2.05, 4.69) is 7.05 Å². The highest BCUT2D eigenvalue weighted by Crippen LogP contribution is 2.32. The highest BCUT2D eigenvalue weighted by atomic mass is 32.2. The predicted octanol–water partition coefficient (Wildman–Crippen LogP) is -0.0799. The minimum Gasteiger partial charge on any atom is -0.505 e. The molecular weight excluding hydrogens is 253 g/mol. The van der Waals surface area contributed by atoms with Gasteiger partial charge >= 0.3 is 6.69 Å². The average Bonchev–Trinajstić information content (AvgIpc) is 2.83. The number of hydrogen-bond acceptors (Lipinski definition) is 3. The van der Waals surface area contributed by atoms with E-state index < -0.39 is 17.8 Å². The van der Waals surface area contributed by atoms with Crippen LogP contribution in [0.2, 0.25) is 0 Å². The molecule has 2 heterocycles. The van der Waals surface area contributed by atoms with Gasteiger partial charge in [-0.1, -0.05) is 23.7 Å². The molecule has 1 aromatic carbocycles. The summed E-state index contributed by atoms with van der Waals surface area (Å²) in [5.74, 6) is 0. The molecule has 1 unspecified atom stereocenters. The third kappa shape index (κ3) is 1.59. The van der Waals surface area contributed by atoms with Crippen molar-refractivity contribution in [1.29, 1.82) is 0 Å². The van der Waals surface area contributed by atoms with Crippen molar-refractivity contribution in [3.05, 3.63) is 24.3 Å². The molecule has 1 aromatic rings. The van der Waals surface area contributed by atoms with E-state index in [1.807, 2.05) is 6.07 Å². The van der Waals surface area contributed by atoms with Crippen LogP contribution < -0.4 is 5.46 Å². The molecule has 18 heavy (non-hydrogen) atoms. The van der Waals surface area contributed by atoms with Gasteiger partial charge in [-0.2, -0.15) is 0 Å². The van der Waals surface area contributed by atoms with Crippen LogP contribution in [0.25, 0.3) is 0 Å². The van der Waals surface area contributed by atoms with Gasteiger partial charge in [0.1, 0.15) is 0 Å². The second-order valence-electron chi connectivity index (χ2n) is 5.16. The maximum absolute atomic E-state index is 11.2. The lowest BCUT2D eigenvalue weighted by molar-refractivity contribution is -0.798. The highest BCUT2D eigenvalue weighted by Gasteiger charge is 2.57. The number of fused-ring (bicyclic) bond motifs is 1. The maximum atomic E-state index is 11.2. The molecule has 1 N–H and O–H groups in total. The van der Waals surface area contributed by atoms with Crippen LogP contribution in [-0.2, 0) is 20.4 Å². The van der Waals surface area contributed by atoms with E-state index in [1.54, 1.807) is 18.2 Å². The summed E-state index contributed by atoms with van der Waals surface area (Å²) < 4.78 is 32.9. The zero-order chi connectivity index (χ0) is 12.8. The molecule has 1 atom stereocenters. The van der Waals surface area contributed by atoms with Crippen molar-refractivity contribution < 1.29 is 22.5 Å². The zero-order valence-corrected chi connectivity index (χ0v) is 11.1. The Labute approximate surface area is 109 Å². The monoisotopic (exact) mass is 269 g/mol. The molecule has 0 aromatic heterocycles. The van der Waals surface area contributed by atoms with Crippen molar-refractivity contribution >= 4 is 23.2 Å². The number of likely N-dealkylation sites (N-methyl/N-ethyl adjacent to an activating group) is 1. The standard InChI is InChI=1S/C11H16BNO4S/c1-13-5-7-16-12(13,17-8-6-13)10-3-2-4-11(9-10)18(14)15/h2-4,9H,5-8H2,1H3,(H,14,15). The van der Waals surface area contributed by atoms with Gasteiger partial charge in [-0.25, -0.2) is 4.21 Å². The summed E-state index contributed by atoms with van der Waals surface area (Å²) in [6, 6.07) is 7.07. The molecule has 5 nitrogen and oxygen atoms in total. The Morgan fingerprint density at radius 3 is 2.61 bits per heavy atom. The molecule has 0 aliphatic carbocycles. The Balaban J connectivity index is 2.09. The van der Waals surface area contributed by atoms with E-state index >= 15 is 0 Å². The summed E-state index contributed by atoms with van der Waals surface area (Å²) in [5.41, 5.74) is 0.882. The second kappa shape index (κ2) is 4.14. The topological polar surface area (TPSA) is 55.8 Å². The summed E-state index contributed by atoms with van der Waals surface area (Å²) in [4.78, 5) is 0.390. The summed E-state index contributed by atoms with van der Waals surface area (Å²) in [5, 5.41) is 0. The van der Waals surface area contributed by atoms with Crippen LogP contribution in [0.15, 0.2) is 29.2 Å². The van der Waals surface area contributed by atoms with E-state index in [-0.39, 0.29) is 0 Å². The lowest BCUT2D eigenvalue weighted by atomic mass is 9.61. The number of hydrogen-bond donors (Lipinski definition) is 1. The largest absolute Gasteiger partial charge is 0.505 e. The van der Waals surface area contributed by atoms with E-state index in [0.717, 1.165) is 22.9 Å². The summed E-state index contributed by atoms with van der Waals surface area (Å²) in [6.45, 7) is 1.63. The summed E-state index contributed by atoms with van der Waals surface area (Å²) >= 11 is -1.97. The van der Waals surface area contributed by atoms with Crippen molar-refractivity contribution in [2.75, 3.05) is 33.4 Å². The van der Waals surface area contributed by atoms with Gasteiger partial charge in [0, 0.05) is 7.05 Å². The molecule has 0 bridgehead atoms. The van der Waals surface area contributed by atoms with Crippen LogP contribution in [0.4, 0.5) is 0 Å². The lowest BCUT2D eigenvalue weighted by Crippen LogP contribution is -2.67. The third-order valence-electron chi connectivity index (χ3n) is 4.19. The molecule has 0 saturated carbocycles. The first kappa shape index (κ1) is 12.3. The predicted molar refractivity (Wildman–Crippen MR) is 68.7 cm³/mol. The zero-order valence-electron chi connectivity index (χ0n) is 10.2. The molecule has 2 aliphatic heterocycles. The average molecular weight is 269 g/mol. The van der Waals surface area contributed by atoms with Gasteiger partial charge in [0.2, 0.25) is 0 Å². The Morgan fingerprint density at radius 1 is 1.33 bits per heavy atom. The maximum Gasteiger partial charge on any atom is 0.502 e. The number of benzene rings is 1. The molecular formula is C11H16BNO4S. The summed E-state index contributed by atoms with van der Waals surface area (Å²) in [6.07, 6.45) is 0. The molecule has 2 fully saturated rings. The van der Waals surface area contributed by atoms with Crippen molar-refractivity contribution in [3.8, 4) is 0 Å². The molecule has 7 heteroatoms. The molecule has 0 radical (unpaired) electrons. The third-order valence-corrected chi connectivity index (χ3v) is 4.85.